The first kappa shape index (κ1) is 45.6. The van der Waals surface area contributed by atoms with Gasteiger partial charge in [0.1, 0.15) is 19.0 Å². The lowest BCUT2D eigenvalue weighted by Gasteiger charge is -2.07. The van der Waals surface area contributed by atoms with Crippen molar-refractivity contribution in [3.63, 3.8) is 0 Å². The zero-order chi connectivity index (χ0) is 39.7. The highest BCUT2D eigenvalue weighted by atomic mass is 16.5. The van der Waals surface area contributed by atoms with Gasteiger partial charge in [-0.1, -0.05) is 110 Å². The largest absolute Gasteiger partial charge is 0.491 e. The second-order valence-electron chi connectivity index (χ2n) is 12.4. The molecule has 9 nitrogen and oxygen atoms in total. The van der Waals surface area contributed by atoms with Gasteiger partial charge in [-0.25, -0.2) is 4.98 Å². The predicted molar refractivity (Wildman–Crippen MR) is 229 cm³/mol. The Hall–Kier alpha value is -4.80. The Morgan fingerprint density at radius 3 is 1.29 bits per heavy atom. The summed E-state index contributed by atoms with van der Waals surface area (Å²) in [5.74, 6) is 1.41. The van der Waals surface area contributed by atoms with E-state index in [1.54, 1.807) is 20.8 Å². The Morgan fingerprint density at radius 2 is 0.857 bits per heavy atom. The van der Waals surface area contributed by atoms with Crippen molar-refractivity contribution in [1.82, 2.24) is 4.98 Å². The molecule has 0 fully saturated rings. The van der Waals surface area contributed by atoms with E-state index in [9.17, 15) is 9.59 Å². The Labute approximate surface area is 334 Å². The first-order chi connectivity index (χ1) is 27.6. The van der Waals surface area contributed by atoms with Gasteiger partial charge in [0, 0.05) is 25.5 Å². The van der Waals surface area contributed by atoms with Gasteiger partial charge in [0.15, 0.2) is 0 Å². The molecule has 1 aromatic heterocycles. The molecule has 1 heterocycles. The topological polar surface area (TPSA) is 102 Å². The molecule has 0 atom stereocenters. The molecular formula is C45H55B2NO8. The van der Waals surface area contributed by atoms with Gasteiger partial charge in [-0.15, -0.1) is 0 Å². The zero-order valence-corrected chi connectivity index (χ0v) is 32.9. The fourth-order valence-corrected chi connectivity index (χ4v) is 4.89. The lowest BCUT2D eigenvalue weighted by Crippen LogP contribution is -2.11. The van der Waals surface area contributed by atoms with Crippen LogP contribution in [0.2, 0.25) is 0 Å². The number of nitrogens with zero attached hydrogens (tertiary/aromatic N) is 1. The molecule has 0 aliphatic rings. The van der Waals surface area contributed by atoms with E-state index >= 15 is 0 Å². The highest BCUT2D eigenvalue weighted by molar-refractivity contribution is 6.66. The number of benzene rings is 3. The zero-order valence-electron chi connectivity index (χ0n) is 32.9. The minimum atomic E-state index is 0.462. The Bertz CT molecular complexity index is 1520. The van der Waals surface area contributed by atoms with Crippen molar-refractivity contribution >= 4 is 51.2 Å². The Balaban J connectivity index is 0.000000300. The van der Waals surface area contributed by atoms with Crippen molar-refractivity contribution in [2.45, 2.75) is 39.3 Å². The van der Waals surface area contributed by atoms with Crippen LogP contribution in [-0.4, -0.2) is 98.0 Å². The summed E-state index contributed by atoms with van der Waals surface area (Å²) in [5.41, 5.74) is 6.56. The summed E-state index contributed by atoms with van der Waals surface area (Å²) in [5, 5.41) is 0. The highest BCUT2D eigenvalue weighted by Gasteiger charge is 1.99. The first-order valence-electron chi connectivity index (χ1n) is 19.3. The molecule has 11 heteroatoms. The van der Waals surface area contributed by atoms with Gasteiger partial charge in [-0.3, -0.25) is 0 Å². The van der Waals surface area contributed by atoms with Crippen LogP contribution in [0.5, 0.6) is 11.6 Å². The number of rotatable bonds is 28. The summed E-state index contributed by atoms with van der Waals surface area (Å²) in [7, 11) is 3.22. The molecule has 0 amide bonds. The summed E-state index contributed by atoms with van der Waals surface area (Å²) in [6.45, 7) is 10.2. The maximum atomic E-state index is 10.4. The fraction of sp³-hybridized carbons (Fsp3) is 0.356. The van der Waals surface area contributed by atoms with E-state index in [1.807, 2.05) is 84.9 Å². The van der Waals surface area contributed by atoms with Gasteiger partial charge in [0.25, 0.3) is 0 Å². The summed E-state index contributed by atoms with van der Waals surface area (Å²) < 4.78 is 32.8. The third-order valence-corrected chi connectivity index (χ3v) is 7.85. The smallest absolute Gasteiger partial charge is 0.213 e. The van der Waals surface area contributed by atoms with Crippen molar-refractivity contribution in [2.24, 2.45) is 0 Å². The van der Waals surface area contributed by atoms with Crippen LogP contribution in [0.1, 0.15) is 60.1 Å². The van der Waals surface area contributed by atoms with Crippen molar-refractivity contribution in [3.05, 3.63) is 125 Å². The standard InChI is InChI=1S/C23H28BO4.C22H27BNO4/c1-2-13-26-14-15-27-16-17-28-23-11-9-21(10-12-23)4-3-20-5-7-22(8-6-20)18-24-19-25;1-2-11-26-12-13-27-14-15-28-22-10-9-21(17-24-22)8-5-19-3-6-20(7-4-19)16-23-18-25/h3-12,19H,2,13-18H2,1H3;3-10,17-18H,2,11-16H2,1H3/b4-3+;8-5+. The molecule has 0 unspecified atom stereocenters. The molecule has 56 heavy (non-hydrogen) atoms. The van der Waals surface area contributed by atoms with Crippen molar-refractivity contribution in [2.75, 3.05) is 66.1 Å². The number of pyridine rings is 1. The molecule has 4 rings (SSSR count). The minimum absolute atomic E-state index is 0.462. The van der Waals surface area contributed by atoms with E-state index in [0.29, 0.717) is 71.4 Å². The molecule has 0 N–H and O–H groups in total. The monoisotopic (exact) mass is 759 g/mol. The number of aromatic nitrogens is 1. The van der Waals surface area contributed by atoms with Crippen LogP contribution in [0, 0.1) is 0 Å². The number of hydrogen-bond acceptors (Lipinski definition) is 9. The minimum Gasteiger partial charge on any atom is -0.491 e. The van der Waals surface area contributed by atoms with E-state index in [2.05, 4.69) is 43.1 Å². The molecule has 2 radical (unpaired) electrons. The molecule has 3 aromatic carbocycles. The third-order valence-electron chi connectivity index (χ3n) is 7.85. The molecular weight excluding hydrogens is 704 g/mol. The normalized spacial score (nSPS) is 10.9. The van der Waals surface area contributed by atoms with Crippen LogP contribution in [0.4, 0.5) is 0 Å². The maximum absolute atomic E-state index is 10.4. The second-order valence-corrected chi connectivity index (χ2v) is 12.4. The van der Waals surface area contributed by atoms with Crippen LogP contribution in [0.15, 0.2) is 91.1 Å². The number of carbonyl (C=O) groups excluding carboxylic acids is 2. The first-order valence-corrected chi connectivity index (χ1v) is 19.3. The molecule has 0 aliphatic carbocycles. The van der Waals surface area contributed by atoms with E-state index in [4.69, 9.17) is 28.4 Å². The van der Waals surface area contributed by atoms with Gasteiger partial charge in [-0.05, 0) is 65.9 Å². The van der Waals surface area contributed by atoms with Crippen molar-refractivity contribution in [1.29, 1.82) is 0 Å². The second kappa shape index (κ2) is 30.4. The molecule has 0 saturated heterocycles. The van der Waals surface area contributed by atoms with Gasteiger partial charge in [0.2, 0.25) is 20.4 Å². The number of carbonyl (C=O) groups is 2. The lowest BCUT2D eigenvalue weighted by molar-refractivity contribution is 0.0361. The molecule has 0 saturated carbocycles. The van der Waals surface area contributed by atoms with Crippen molar-refractivity contribution in [3.8, 4) is 11.6 Å². The Kier molecular flexibility index (Phi) is 24.8. The molecule has 294 valence electrons. The van der Waals surface area contributed by atoms with Crippen LogP contribution >= 0.6 is 0 Å². The predicted octanol–water partition coefficient (Wildman–Crippen LogP) is 7.54. The number of ether oxygens (including phenoxy) is 6. The average molecular weight is 760 g/mol. The summed E-state index contributed by atoms with van der Waals surface area (Å²) in [6.07, 6.45) is 15.0. The molecule has 0 aliphatic heterocycles. The highest BCUT2D eigenvalue weighted by Crippen LogP contribution is 2.16. The van der Waals surface area contributed by atoms with Crippen LogP contribution in [0.3, 0.4) is 0 Å². The van der Waals surface area contributed by atoms with Crippen molar-refractivity contribution < 1.29 is 38.0 Å². The molecule has 4 aromatic rings. The van der Waals surface area contributed by atoms with E-state index in [0.717, 1.165) is 77.6 Å². The van der Waals surface area contributed by atoms with E-state index < -0.39 is 0 Å². The van der Waals surface area contributed by atoms with Crippen LogP contribution in [0.25, 0.3) is 24.3 Å². The molecule has 0 bridgehead atoms. The molecule has 0 spiro atoms. The quantitative estimate of drug-likeness (QED) is 0.0252. The van der Waals surface area contributed by atoms with Gasteiger partial charge in [0.05, 0.1) is 52.0 Å². The van der Waals surface area contributed by atoms with Gasteiger partial charge < -0.3 is 38.0 Å². The Morgan fingerprint density at radius 1 is 0.464 bits per heavy atom. The summed E-state index contributed by atoms with van der Waals surface area (Å²) in [4.78, 5) is 25.0. The third kappa shape index (κ3) is 21.3. The van der Waals surface area contributed by atoms with Gasteiger partial charge in [-0.2, -0.15) is 0 Å². The maximum Gasteiger partial charge on any atom is 0.213 e. The lowest BCUT2D eigenvalue weighted by atomic mass is 9.74. The fourth-order valence-electron chi connectivity index (χ4n) is 4.89. The summed E-state index contributed by atoms with van der Waals surface area (Å²) >= 11 is 0. The average Bonchev–Trinajstić information content (AvgIpc) is 3.24. The van der Waals surface area contributed by atoms with Gasteiger partial charge >= 0.3 is 0 Å². The summed E-state index contributed by atoms with van der Waals surface area (Å²) in [6, 6.07) is 28.1. The van der Waals surface area contributed by atoms with Crippen LogP contribution < -0.4 is 9.47 Å². The number of hydrogen-bond donors (Lipinski definition) is 0. The van der Waals surface area contributed by atoms with E-state index in [1.165, 1.54) is 0 Å². The van der Waals surface area contributed by atoms with Crippen LogP contribution in [-0.2, 0) is 41.2 Å². The van der Waals surface area contributed by atoms with E-state index in [-0.39, 0.29) is 0 Å². The SMILES string of the molecule is CCCOCCOCCOc1ccc(/C=C/c2ccc(C[B]C=O)cc2)cc1.CCCOCCOCCOc1ccc(/C=C/c2ccc(C[B]C=O)cc2)cn1.